The summed E-state index contributed by atoms with van der Waals surface area (Å²) >= 11 is 0. The van der Waals surface area contributed by atoms with Crippen LogP contribution in [0.2, 0.25) is 0 Å². The van der Waals surface area contributed by atoms with Crippen LogP contribution in [0, 0.1) is 0 Å². The molecule has 1 amide bonds. The number of hydrogen-bond acceptors (Lipinski definition) is 6. The molecule has 0 radical (unpaired) electrons. The van der Waals surface area contributed by atoms with Crippen LogP contribution in [0.1, 0.15) is 32.4 Å². The molecule has 0 bridgehead atoms. The van der Waals surface area contributed by atoms with Gasteiger partial charge in [-0.05, 0) is 50.6 Å². The molecule has 0 aliphatic heterocycles. The van der Waals surface area contributed by atoms with Crippen LogP contribution in [0.25, 0.3) is 0 Å². The van der Waals surface area contributed by atoms with E-state index in [1.165, 1.54) is 0 Å². The van der Waals surface area contributed by atoms with E-state index in [4.69, 9.17) is 13.7 Å². The molecule has 0 saturated carbocycles. The molecule has 2 aromatic rings. The summed E-state index contributed by atoms with van der Waals surface area (Å²) in [6, 6.07) is 15.4. The molecule has 152 valence electrons. The van der Waals surface area contributed by atoms with E-state index in [9.17, 15) is 13.2 Å². The first-order valence-electron chi connectivity index (χ1n) is 8.69. The quantitative estimate of drug-likeness (QED) is 0.697. The second-order valence-corrected chi connectivity index (χ2v) is 8.82. The first kappa shape index (κ1) is 21.7. The molecule has 0 saturated heterocycles. The fraction of sp³-hybridized carbons (Fsp3) is 0.350. The fourth-order valence-corrected chi connectivity index (χ4v) is 2.67. The van der Waals surface area contributed by atoms with Gasteiger partial charge in [-0.25, -0.2) is 4.79 Å². The lowest BCUT2D eigenvalue weighted by Crippen LogP contribution is -2.37. The summed E-state index contributed by atoms with van der Waals surface area (Å²) < 4.78 is 38.8. The van der Waals surface area contributed by atoms with Crippen molar-refractivity contribution in [3.05, 3.63) is 60.2 Å². The van der Waals surface area contributed by atoms with Gasteiger partial charge in [-0.1, -0.05) is 30.3 Å². The van der Waals surface area contributed by atoms with E-state index >= 15 is 0 Å². The number of amides is 1. The lowest BCUT2D eigenvalue weighted by Gasteiger charge is -2.24. The van der Waals surface area contributed by atoms with E-state index in [0.717, 1.165) is 6.26 Å². The van der Waals surface area contributed by atoms with Crippen LogP contribution in [0.15, 0.2) is 54.6 Å². The molecule has 2 aromatic carbocycles. The van der Waals surface area contributed by atoms with Gasteiger partial charge in [0.25, 0.3) is 10.1 Å². The number of alkyl carbamates (subject to hydrolysis) is 1. The summed E-state index contributed by atoms with van der Waals surface area (Å²) in [5.74, 6) is 1.20. The van der Waals surface area contributed by atoms with Gasteiger partial charge in [0, 0.05) is 0 Å². The van der Waals surface area contributed by atoms with Crippen molar-refractivity contribution in [2.75, 3.05) is 12.9 Å². The monoisotopic (exact) mass is 407 g/mol. The fourth-order valence-electron chi connectivity index (χ4n) is 2.28. The molecular formula is C20H25NO6S. The van der Waals surface area contributed by atoms with Crippen molar-refractivity contribution in [1.82, 2.24) is 5.32 Å². The van der Waals surface area contributed by atoms with Crippen LogP contribution < -0.4 is 10.1 Å². The summed E-state index contributed by atoms with van der Waals surface area (Å²) in [6.07, 6.45) is 0.274. The minimum Gasteiger partial charge on any atom is -0.457 e. The largest absolute Gasteiger partial charge is 0.457 e. The zero-order valence-electron chi connectivity index (χ0n) is 16.3. The normalized spacial score (nSPS) is 12.9. The highest BCUT2D eigenvalue weighted by Crippen LogP contribution is 2.25. The van der Waals surface area contributed by atoms with Crippen molar-refractivity contribution < 1.29 is 26.9 Å². The Hall–Kier alpha value is -2.58. The lowest BCUT2D eigenvalue weighted by atomic mass is 10.1. The van der Waals surface area contributed by atoms with Gasteiger partial charge in [-0.3, -0.25) is 4.18 Å². The molecule has 0 unspecified atom stereocenters. The number of hydrogen-bond donors (Lipinski definition) is 1. The van der Waals surface area contributed by atoms with Crippen LogP contribution in [0.4, 0.5) is 4.79 Å². The lowest BCUT2D eigenvalue weighted by molar-refractivity contribution is 0.0487. The highest BCUT2D eigenvalue weighted by Gasteiger charge is 2.22. The predicted molar refractivity (Wildman–Crippen MR) is 106 cm³/mol. The number of ether oxygens (including phenoxy) is 2. The highest BCUT2D eigenvalue weighted by atomic mass is 32.2. The molecule has 0 fully saturated rings. The molecule has 7 nitrogen and oxygen atoms in total. The van der Waals surface area contributed by atoms with Crippen LogP contribution in [0.5, 0.6) is 11.5 Å². The van der Waals surface area contributed by atoms with Gasteiger partial charge < -0.3 is 14.8 Å². The van der Waals surface area contributed by atoms with Crippen LogP contribution in [0.3, 0.4) is 0 Å². The third kappa shape index (κ3) is 7.98. The Morgan fingerprint density at radius 3 is 2.29 bits per heavy atom. The molecule has 0 heterocycles. The second kappa shape index (κ2) is 9.07. The molecule has 1 N–H and O–H groups in total. The van der Waals surface area contributed by atoms with Crippen molar-refractivity contribution in [3.63, 3.8) is 0 Å². The van der Waals surface area contributed by atoms with E-state index in [1.807, 2.05) is 30.3 Å². The van der Waals surface area contributed by atoms with Gasteiger partial charge in [0.05, 0.1) is 18.9 Å². The Morgan fingerprint density at radius 2 is 1.68 bits per heavy atom. The van der Waals surface area contributed by atoms with Crippen LogP contribution in [-0.4, -0.2) is 33.0 Å². The summed E-state index contributed by atoms with van der Waals surface area (Å²) in [5, 5.41) is 2.65. The second-order valence-electron chi connectivity index (χ2n) is 7.18. The van der Waals surface area contributed by atoms with E-state index < -0.39 is 27.9 Å². The van der Waals surface area contributed by atoms with Crippen LogP contribution >= 0.6 is 0 Å². The molecule has 0 aliphatic carbocycles. The maximum absolute atomic E-state index is 12.2. The van der Waals surface area contributed by atoms with E-state index in [1.54, 1.807) is 45.0 Å². The molecular weight excluding hydrogens is 382 g/mol. The molecule has 0 aliphatic rings. The zero-order chi connectivity index (χ0) is 20.8. The number of benzene rings is 2. The Morgan fingerprint density at radius 1 is 1.04 bits per heavy atom. The van der Waals surface area contributed by atoms with Gasteiger partial charge in [0.15, 0.2) is 0 Å². The van der Waals surface area contributed by atoms with E-state index in [0.29, 0.717) is 17.1 Å². The van der Waals surface area contributed by atoms with Gasteiger partial charge in [-0.2, -0.15) is 8.42 Å². The standard InChI is InChI=1S/C20H25NO6S/c1-20(2,3)27-19(22)21-18(14-25-28(4,23)24)15-9-8-12-17(13-15)26-16-10-6-5-7-11-16/h5-13,18H,14H2,1-4H3,(H,21,22)/t18-/m0/s1. The third-order valence-electron chi connectivity index (χ3n) is 3.38. The SMILES string of the molecule is CC(C)(C)OC(=O)N[C@@H](COS(C)(=O)=O)c1cccc(Oc2ccccc2)c1. The summed E-state index contributed by atoms with van der Waals surface area (Å²) in [7, 11) is -3.68. The molecule has 8 heteroatoms. The first-order chi connectivity index (χ1) is 13.0. The van der Waals surface area contributed by atoms with Gasteiger partial charge in [0.1, 0.15) is 17.1 Å². The molecule has 28 heavy (non-hydrogen) atoms. The minimum atomic E-state index is -3.68. The minimum absolute atomic E-state index is 0.271. The summed E-state index contributed by atoms with van der Waals surface area (Å²) in [4.78, 5) is 12.2. The highest BCUT2D eigenvalue weighted by molar-refractivity contribution is 7.85. The maximum atomic E-state index is 12.2. The number of para-hydroxylation sites is 1. The van der Waals surface area contributed by atoms with Crippen molar-refractivity contribution in [1.29, 1.82) is 0 Å². The maximum Gasteiger partial charge on any atom is 0.408 e. The number of rotatable bonds is 7. The van der Waals surface area contributed by atoms with Gasteiger partial charge in [-0.15, -0.1) is 0 Å². The Labute approximate surface area is 165 Å². The average Bonchev–Trinajstić information content (AvgIpc) is 2.57. The molecule has 2 rings (SSSR count). The Balaban J connectivity index is 2.21. The zero-order valence-corrected chi connectivity index (χ0v) is 17.2. The van der Waals surface area contributed by atoms with E-state index in [-0.39, 0.29) is 6.61 Å². The summed E-state index contributed by atoms with van der Waals surface area (Å²) in [6.45, 7) is 4.95. The number of carbonyl (C=O) groups excluding carboxylic acids is 1. The molecule has 1 atom stereocenters. The molecule has 0 spiro atoms. The van der Waals surface area contributed by atoms with Gasteiger partial charge in [0.2, 0.25) is 0 Å². The summed E-state index contributed by atoms with van der Waals surface area (Å²) in [5.41, 5.74) is -0.0761. The Kier molecular flexibility index (Phi) is 7.04. The van der Waals surface area contributed by atoms with Crippen molar-refractivity contribution in [3.8, 4) is 11.5 Å². The molecule has 0 aromatic heterocycles. The van der Waals surface area contributed by atoms with Crippen molar-refractivity contribution >= 4 is 16.2 Å². The number of carbonyl (C=O) groups is 1. The van der Waals surface area contributed by atoms with Crippen molar-refractivity contribution in [2.24, 2.45) is 0 Å². The van der Waals surface area contributed by atoms with Gasteiger partial charge >= 0.3 is 6.09 Å². The Bertz CT molecular complexity index is 890. The van der Waals surface area contributed by atoms with E-state index in [2.05, 4.69) is 5.32 Å². The first-order valence-corrected chi connectivity index (χ1v) is 10.5. The van der Waals surface area contributed by atoms with Crippen molar-refractivity contribution in [2.45, 2.75) is 32.4 Å². The average molecular weight is 407 g/mol. The third-order valence-corrected chi connectivity index (χ3v) is 3.94. The smallest absolute Gasteiger partial charge is 0.408 e. The topological polar surface area (TPSA) is 90.9 Å². The van der Waals surface area contributed by atoms with Crippen LogP contribution in [-0.2, 0) is 19.0 Å². The predicted octanol–water partition coefficient (Wildman–Crippen LogP) is 4.02. The number of nitrogens with one attached hydrogen (secondary N) is 1.